The van der Waals surface area contributed by atoms with Crippen molar-refractivity contribution < 1.29 is 0 Å². The summed E-state index contributed by atoms with van der Waals surface area (Å²) in [6, 6.07) is 5.91. The lowest BCUT2D eigenvalue weighted by molar-refractivity contribution is 0.248. The molecule has 0 saturated heterocycles. The van der Waals surface area contributed by atoms with Gasteiger partial charge in [-0.3, -0.25) is 0 Å². The molecular weight excluding hydrogens is 312 g/mol. The van der Waals surface area contributed by atoms with Crippen LogP contribution in [0.2, 0.25) is 5.02 Å². The minimum Gasteiger partial charge on any atom is -0.379 e. The Balaban J connectivity index is 2.05. The maximum atomic E-state index is 6.00. The molecule has 0 aromatic heterocycles. The van der Waals surface area contributed by atoms with Crippen molar-refractivity contribution in [1.82, 2.24) is 0 Å². The molecule has 0 bridgehead atoms. The predicted octanol–water partition coefficient (Wildman–Crippen LogP) is 4.42. The highest BCUT2D eigenvalue weighted by Crippen LogP contribution is 2.35. The molecule has 18 heavy (non-hydrogen) atoms. The first-order valence-corrected chi connectivity index (χ1v) is 7.63. The molecule has 1 aliphatic carbocycles. The second-order valence-electron chi connectivity index (χ2n) is 5.52. The van der Waals surface area contributed by atoms with Gasteiger partial charge in [0.05, 0.1) is 5.02 Å². The van der Waals surface area contributed by atoms with E-state index in [-0.39, 0.29) is 5.54 Å². The Morgan fingerprint density at radius 2 is 2.22 bits per heavy atom. The first-order chi connectivity index (χ1) is 8.52. The number of anilines is 1. The third kappa shape index (κ3) is 3.40. The van der Waals surface area contributed by atoms with Crippen LogP contribution in [0, 0.1) is 5.92 Å². The normalized spacial score (nSPS) is 19.1. The van der Waals surface area contributed by atoms with Crippen LogP contribution in [0.1, 0.15) is 32.6 Å². The number of hydrogen-bond donors (Lipinski definition) is 2. The standard InChI is InChI=1S/C14H20BrClN2/c1-14(9-17,8-10-3-2-4-10)18-11-5-6-13(16)12(15)7-11/h5-7,10,18H,2-4,8-9,17H2,1H3. The van der Waals surface area contributed by atoms with Gasteiger partial charge in [0.1, 0.15) is 0 Å². The summed E-state index contributed by atoms with van der Waals surface area (Å²) in [7, 11) is 0. The van der Waals surface area contributed by atoms with E-state index in [1.807, 2.05) is 18.2 Å². The second-order valence-corrected chi connectivity index (χ2v) is 6.78. The molecule has 1 aromatic rings. The van der Waals surface area contributed by atoms with Gasteiger partial charge in [0, 0.05) is 22.2 Å². The first kappa shape index (κ1) is 14.2. The van der Waals surface area contributed by atoms with Crippen molar-refractivity contribution in [3.8, 4) is 0 Å². The van der Waals surface area contributed by atoms with Gasteiger partial charge in [0.2, 0.25) is 0 Å². The molecule has 0 spiro atoms. The third-order valence-corrected chi connectivity index (χ3v) is 4.99. The van der Waals surface area contributed by atoms with Gasteiger partial charge in [-0.15, -0.1) is 0 Å². The molecule has 0 aliphatic heterocycles. The molecule has 0 heterocycles. The minimum absolute atomic E-state index is 0.0294. The average molecular weight is 332 g/mol. The highest BCUT2D eigenvalue weighted by molar-refractivity contribution is 9.10. The fourth-order valence-corrected chi connectivity index (χ4v) is 2.94. The summed E-state index contributed by atoms with van der Waals surface area (Å²) in [5.41, 5.74) is 6.99. The average Bonchev–Trinajstić information content (AvgIpc) is 2.29. The first-order valence-electron chi connectivity index (χ1n) is 6.46. The van der Waals surface area contributed by atoms with Gasteiger partial charge in [-0.1, -0.05) is 30.9 Å². The zero-order valence-electron chi connectivity index (χ0n) is 10.7. The zero-order valence-corrected chi connectivity index (χ0v) is 13.0. The highest BCUT2D eigenvalue weighted by Gasteiger charge is 2.29. The van der Waals surface area contributed by atoms with Crippen LogP contribution in [0.5, 0.6) is 0 Å². The van der Waals surface area contributed by atoms with E-state index in [2.05, 4.69) is 28.2 Å². The van der Waals surface area contributed by atoms with E-state index in [1.165, 1.54) is 19.3 Å². The summed E-state index contributed by atoms with van der Waals surface area (Å²) in [6.45, 7) is 2.84. The summed E-state index contributed by atoms with van der Waals surface area (Å²) >= 11 is 9.45. The maximum absolute atomic E-state index is 6.00. The van der Waals surface area contributed by atoms with Crippen molar-refractivity contribution >= 4 is 33.2 Å². The van der Waals surface area contributed by atoms with E-state index in [0.717, 1.165) is 27.5 Å². The number of rotatable bonds is 5. The van der Waals surface area contributed by atoms with Gasteiger partial charge < -0.3 is 11.1 Å². The summed E-state index contributed by atoms with van der Waals surface area (Å²) < 4.78 is 0.914. The topological polar surface area (TPSA) is 38.0 Å². The van der Waals surface area contributed by atoms with Crippen LogP contribution in [-0.4, -0.2) is 12.1 Å². The Morgan fingerprint density at radius 1 is 1.50 bits per heavy atom. The van der Waals surface area contributed by atoms with E-state index < -0.39 is 0 Å². The molecule has 0 radical (unpaired) electrons. The lowest BCUT2D eigenvalue weighted by Gasteiger charge is -2.37. The highest BCUT2D eigenvalue weighted by atomic mass is 79.9. The van der Waals surface area contributed by atoms with E-state index in [9.17, 15) is 0 Å². The van der Waals surface area contributed by atoms with E-state index in [1.54, 1.807) is 0 Å². The van der Waals surface area contributed by atoms with Crippen molar-refractivity contribution in [2.75, 3.05) is 11.9 Å². The Bertz CT molecular complexity index is 420. The SMILES string of the molecule is CC(CN)(CC1CCC1)Nc1ccc(Cl)c(Br)c1. The van der Waals surface area contributed by atoms with Gasteiger partial charge >= 0.3 is 0 Å². The van der Waals surface area contributed by atoms with Crippen LogP contribution < -0.4 is 11.1 Å². The van der Waals surface area contributed by atoms with Crippen LogP contribution in [0.15, 0.2) is 22.7 Å². The van der Waals surface area contributed by atoms with Crippen molar-refractivity contribution in [3.63, 3.8) is 0 Å². The minimum atomic E-state index is -0.0294. The van der Waals surface area contributed by atoms with Crippen LogP contribution in [0.3, 0.4) is 0 Å². The van der Waals surface area contributed by atoms with Gasteiger partial charge in [-0.25, -0.2) is 0 Å². The van der Waals surface area contributed by atoms with E-state index in [4.69, 9.17) is 17.3 Å². The molecule has 1 saturated carbocycles. The Labute approximate surface area is 122 Å². The Kier molecular flexibility index (Phi) is 4.57. The quantitative estimate of drug-likeness (QED) is 0.838. The van der Waals surface area contributed by atoms with Gasteiger partial charge in [-0.2, -0.15) is 0 Å². The van der Waals surface area contributed by atoms with Gasteiger partial charge in [0.25, 0.3) is 0 Å². The van der Waals surface area contributed by atoms with Crippen molar-refractivity contribution in [2.24, 2.45) is 11.7 Å². The largest absolute Gasteiger partial charge is 0.379 e. The molecular formula is C14H20BrClN2. The number of nitrogens with one attached hydrogen (secondary N) is 1. The van der Waals surface area contributed by atoms with Gasteiger partial charge in [0.15, 0.2) is 0 Å². The van der Waals surface area contributed by atoms with Crippen LogP contribution in [0.4, 0.5) is 5.69 Å². The Morgan fingerprint density at radius 3 is 2.72 bits per heavy atom. The van der Waals surface area contributed by atoms with Gasteiger partial charge in [-0.05, 0) is 53.4 Å². The number of hydrogen-bond acceptors (Lipinski definition) is 2. The molecule has 0 amide bonds. The van der Waals surface area contributed by atoms with Crippen molar-refractivity contribution in [1.29, 1.82) is 0 Å². The number of nitrogens with two attached hydrogens (primary N) is 1. The number of benzene rings is 1. The molecule has 100 valence electrons. The second kappa shape index (κ2) is 5.81. The molecule has 4 heteroatoms. The Hall–Kier alpha value is -0.250. The molecule has 1 unspecified atom stereocenters. The number of halogens is 2. The summed E-state index contributed by atoms with van der Waals surface area (Å²) in [4.78, 5) is 0. The lowest BCUT2D eigenvalue weighted by Crippen LogP contribution is -2.45. The third-order valence-electron chi connectivity index (χ3n) is 3.78. The van der Waals surface area contributed by atoms with E-state index in [0.29, 0.717) is 6.54 Å². The molecule has 2 nitrogen and oxygen atoms in total. The molecule has 1 fully saturated rings. The van der Waals surface area contributed by atoms with Crippen LogP contribution in [0.25, 0.3) is 0 Å². The fourth-order valence-electron chi connectivity index (χ4n) is 2.44. The monoisotopic (exact) mass is 330 g/mol. The van der Waals surface area contributed by atoms with Crippen LogP contribution in [-0.2, 0) is 0 Å². The smallest absolute Gasteiger partial charge is 0.0549 e. The lowest BCUT2D eigenvalue weighted by atomic mass is 9.76. The molecule has 1 aromatic carbocycles. The van der Waals surface area contributed by atoms with E-state index >= 15 is 0 Å². The zero-order chi connectivity index (χ0) is 13.2. The maximum Gasteiger partial charge on any atom is 0.0549 e. The summed E-state index contributed by atoms with van der Waals surface area (Å²) in [5.74, 6) is 0.835. The van der Waals surface area contributed by atoms with Crippen molar-refractivity contribution in [3.05, 3.63) is 27.7 Å². The van der Waals surface area contributed by atoms with Crippen molar-refractivity contribution in [2.45, 2.75) is 38.1 Å². The summed E-state index contributed by atoms with van der Waals surface area (Å²) in [5, 5.41) is 4.29. The molecule has 1 aliphatic rings. The molecule has 1 atom stereocenters. The predicted molar refractivity (Wildman–Crippen MR) is 82.2 cm³/mol. The molecule has 2 rings (SSSR count). The fraction of sp³-hybridized carbons (Fsp3) is 0.571. The molecule has 3 N–H and O–H groups in total. The summed E-state index contributed by atoms with van der Waals surface area (Å²) in [6.07, 6.45) is 5.21. The van der Waals surface area contributed by atoms with Crippen LogP contribution >= 0.6 is 27.5 Å².